The molecule has 6 heteroatoms. The van der Waals surface area contributed by atoms with Crippen LogP contribution in [0.1, 0.15) is 32.1 Å². The van der Waals surface area contributed by atoms with Crippen LogP contribution in [-0.2, 0) is 10.0 Å². The number of pyridine rings is 1. The minimum absolute atomic E-state index is 0.115. The Kier molecular flexibility index (Phi) is 4.42. The van der Waals surface area contributed by atoms with Crippen LogP contribution in [0.25, 0.3) is 0 Å². The van der Waals surface area contributed by atoms with Crippen molar-refractivity contribution in [2.75, 3.05) is 19.4 Å². The molecule has 0 spiro atoms. The van der Waals surface area contributed by atoms with Crippen LogP contribution in [-0.4, -0.2) is 37.8 Å². The highest BCUT2D eigenvalue weighted by Gasteiger charge is 2.30. The van der Waals surface area contributed by atoms with Gasteiger partial charge in [-0.25, -0.2) is 8.42 Å². The lowest BCUT2D eigenvalue weighted by Crippen LogP contribution is -2.38. The second-order valence-corrected chi connectivity index (χ2v) is 6.90. The normalized spacial score (nSPS) is 17.6. The molecule has 0 saturated heterocycles. The summed E-state index contributed by atoms with van der Waals surface area (Å²) in [4.78, 5) is 4.20. The number of aromatic nitrogens is 1. The summed E-state index contributed by atoms with van der Waals surface area (Å²) in [7, 11) is -0.0775. The van der Waals surface area contributed by atoms with Crippen LogP contribution in [0.5, 0.6) is 0 Å². The lowest BCUT2D eigenvalue weighted by atomic mass is 9.96. The van der Waals surface area contributed by atoms with Crippen molar-refractivity contribution in [3.05, 3.63) is 18.5 Å². The van der Waals surface area contributed by atoms with Crippen LogP contribution < -0.4 is 5.32 Å². The molecule has 19 heavy (non-hydrogen) atoms. The molecule has 0 aromatic carbocycles. The monoisotopic (exact) mass is 283 g/mol. The average Bonchev–Trinajstić information content (AvgIpc) is 2.47. The number of nitrogens with zero attached hydrogens (tertiary/aromatic N) is 2. The number of sulfonamides is 1. The largest absolute Gasteiger partial charge is 0.387 e. The molecular formula is C13H21N3O2S. The molecule has 0 amide bonds. The lowest BCUT2D eigenvalue weighted by molar-refractivity contribution is 0.286. The number of anilines is 1. The van der Waals surface area contributed by atoms with Gasteiger partial charge in [0.2, 0.25) is 10.0 Å². The first-order valence-corrected chi connectivity index (χ1v) is 8.11. The summed E-state index contributed by atoms with van der Waals surface area (Å²) in [5.41, 5.74) is 0.595. The van der Waals surface area contributed by atoms with Crippen LogP contribution in [0.4, 0.5) is 5.69 Å². The standard InChI is InChI=1S/C13H21N3O2S/c1-14-12-8-9-15-10-13(12)19(17,18)16(2)11-6-4-3-5-7-11/h8-11H,3-7H2,1-2H3,(H,14,15). The predicted octanol–water partition coefficient (Wildman–Crippen LogP) is 2.08. The third-order valence-corrected chi connectivity index (χ3v) is 5.74. The van der Waals surface area contributed by atoms with Crippen LogP contribution in [0, 0.1) is 0 Å². The van der Waals surface area contributed by atoms with E-state index in [9.17, 15) is 8.42 Å². The van der Waals surface area contributed by atoms with Crippen LogP contribution in [0.3, 0.4) is 0 Å². The van der Waals surface area contributed by atoms with E-state index in [0.29, 0.717) is 5.69 Å². The Labute approximate surface area is 115 Å². The molecule has 1 aliphatic rings. The summed E-state index contributed by atoms with van der Waals surface area (Å²) in [5, 5.41) is 2.91. The minimum atomic E-state index is -3.47. The molecule has 1 N–H and O–H groups in total. The molecule has 1 aromatic rings. The Bertz CT molecular complexity index is 524. The van der Waals surface area contributed by atoms with Crippen molar-refractivity contribution in [2.24, 2.45) is 0 Å². The fraction of sp³-hybridized carbons (Fsp3) is 0.615. The van der Waals surface area contributed by atoms with E-state index in [1.807, 2.05) is 0 Å². The van der Waals surface area contributed by atoms with Crippen molar-refractivity contribution < 1.29 is 8.42 Å². The van der Waals surface area contributed by atoms with Crippen molar-refractivity contribution in [1.29, 1.82) is 0 Å². The van der Waals surface area contributed by atoms with Gasteiger partial charge in [0.15, 0.2) is 0 Å². The first kappa shape index (κ1) is 14.3. The topological polar surface area (TPSA) is 62.3 Å². The Morgan fingerprint density at radius 1 is 1.32 bits per heavy atom. The van der Waals surface area contributed by atoms with Gasteiger partial charge in [0.05, 0.1) is 5.69 Å². The van der Waals surface area contributed by atoms with Gasteiger partial charge in [0.1, 0.15) is 4.90 Å². The van der Waals surface area contributed by atoms with E-state index in [0.717, 1.165) is 25.7 Å². The Hall–Kier alpha value is -1.14. The van der Waals surface area contributed by atoms with E-state index in [2.05, 4.69) is 10.3 Å². The maximum atomic E-state index is 12.7. The van der Waals surface area contributed by atoms with Gasteiger partial charge in [0.25, 0.3) is 0 Å². The molecule has 0 bridgehead atoms. The third kappa shape index (κ3) is 2.90. The molecule has 0 atom stereocenters. The highest BCUT2D eigenvalue weighted by Crippen LogP contribution is 2.28. The van der Waals surface area contributed by atoms with Gasteiger partial charge in [-0.2, -0.15) is 4.31 Å². The summed E-state index contributed by atoms with van der Waals surface area (Å²) in [5.74, 6) is 0. The van der Waals surface area contributed by atoms with E-state index < -0.39 is 10.0 Å². The fourth-order valence-corrected chi connectivity index (χ4v) is 4.14. The van der Waals surface area contributed by atoms with E-state index in [1.165, 1.54) is 16.9 Å². The van der Waals surface area contributed by atoms with Crippen LogP contribution in [0.15, 0.2) is 23.4 Å². The zero-order valence-corrected chi connectivity index (χ0v) is 12.3. The highest BCUT2D eigenvalue weighted by atomic mass is 32.2. The second kappa shape index (κ2) is 5.88. The van der Waals surface area contributed by atoms with E-state index in [1.54, 1.807) is 26.4 Å². The van der Waals surface area contributed by atoms with Gasteiger partial charge in [0, 0.05) is 32.5 Å². The molecule has 1 aromatic heterocycles. The summed E-state index contributed by atoms with van der Waals surface area (Å²) in [6.07, 6.45) is 8.33. The van der Waals surface area contributed by atoms with Gasteiger partial charge in [-0.05, 0) is 18.9 Å². The van der Waals surface area contributed by atoms with Crippen molar-refractivity contribution in [2.45, 2.75) is 43.0 Å². The molecule has 106 valence electrons. The molecule has 1 aliphatic carbocycles. The Balaban J connectivity index is 2.30. The quantitative estimate of drug-likeness (QED) is 0.919. The van der Waals surface area contributed by atoms with E-state index in [4.69, 9.17) is 0 Å². The fourth-order valence-electron chi connectivity index (χ4n) is 2.59. The molecule has 0 unspecified atom stereocenters. The second-order valence-electron chi connectivity index (χ2n) is 4.93. The van der Waals surface area contributed by atoms with Crippen LogP contribution >= 0.6 is 0 Å². The molecule has 1 saturated carbocycles. The molecule has 0 aliphatic heterocycles. The molecule has 1 fully saturated rings. The zero-order chi connectivity index (χ0) is 13.9. The number of nitrogens with one attached hydrogen (secondary N) is 1. The van der Waals surface area contributed by atoms with Crippen molar-refractivity contribution in [3.8, 4) is 0 Å². The van der Waals surface area contributed by atoms with Crippen LogP contribution in [0.2, 0.25) is 0 Å². The molecular weight excluding hydrogens is 262 g/mol. The van der Waals surface area contributed by atoms with Crippen molar-refractivity contribution >= 4 is 15.7 Å². The first-order chi connectivity index (χ1) is 9.07. The zero-order valence-electron chi connectivity index (χ0n) is 11.5. The SMILES string of the molecule is CNc1ccncc1S(=O)(=O)N(C)C1CCCCC1. The summed E-state index contributed by atoms with van der Waals surface area (Å²) in [6, 6.07) is 1.80. The van der Waals surface area contributed by atoms with E-state index >= 15 is 0 Å². The van der Waals surface area contributed by atoms with Crippen molar-refractivity contribution in [1.82, 2.24) is 9.29 Å². The number of hydrogen-bond acceptors (Lipinski definition) is 4. The number of hydrogen-bond donors (Lipinski definition) is 1. The third-order valence-electron chi connectivity index (χ3n) is 3.80. The molecule has 1 heterocycles. The molecule has 2 rings (SSSR count). The Morgan fingerprint density at radius 3 is 2.63 bits per heavy atom. The first-order valence-electron chi connectivity index (χ1n) is 6.67. The molecule has 5 nitrogen and oxygen atoms in total. The minimum Gasteiger partial charge on any atom is -0.387 e. The van der Waals surface area contributed by atoms with Gasteiger partial charge >= 0.3 is 0 Å². The smallest absolute Gasteiger partial charge is 0.246 e. The maximum absolute atomic E-state index is 12.7. The van der Waals surface area contributed by atoms with Crippen molar-refractivity contribution in [3.63, 3.8) is 0 Å². The average molecular weight is 283 g/mol. The van der Waals surface area contributed by atoms with Gasteiger partial charge in [-0.3, -0.25) is 4.98 Å². The number of rotatable bonds is 4. The Morgan fingerprint density at radius 2 is 2.00 bits per heavy atom. The predicted molar refractivity (Wildman–Crippen MR) is 75.6 cm³/mol. The van der Waals surface area contributed by atoms with Gasteiger partial charge < -0.3 is 5.32 Å². The summed E-state index contributed by atoms with van der Waals surface area (Å²) >= 11 is 0. The summed E-state index contributed by atoms with van der Waals surface area (Å²) < 4.78 is 26.8. The van der Waals surface area contributed by atoms with Gasteiger partial charge in [-0.1, -0.05) is 19.3 Å². The summed E-state index contributed by atoms with van der Waals surface area (Å²) in [6.45, 7) is 0. The lowest BCUT2D eigenvalue weighted by Gasteiger charge is -2.30. The highest BCUT2D eigenvalue weighted by molar-refractivity contribution is 7.89. The van der Waals surface area contributed by atoms with Gasteiger partial charge in [-0.15, -0.1) is 0 Å². The maximum Gasteiger partial charge on any atom is 0.246 e. The van der Waals surface area contributed by atoms with E-state index in [-0.39, 0.29) is 10.9 Å². The molecule has 0 radical (unpaired) electrons.